The lowest BCUT2D eigenvalue weighted by atomic mass is 9.71. The molecule has 1 aromatic rings. The molecule has 6 heteroatoms. The quantitative estimate of drug-likeness (QED) is 0.890. The topological polar surface area (TPSA) is 73.4 Å². The van der Waals surface area contributed by atoms with Crippen LogP contribution in [0.2, 0.25) is 0 Å². The molecule has 24 heavy (non-hydrogen) atoms. The summed E-state index contributed by atoms with van der Waals surface area (Å²) >= 11 is 0. The molecule has 6 nitrogen and oxygen atoms in total. The fraction of sp³-hybridized carbons (Fsp3) is 0.778. The van der Waals surface area contributed by atoms with Crippen molar-refractivity contribution in [2.45, 2.75) is 58.1 Å². The van der Waals surface area contributed by atoms with E-state index in [9.17, 15) is 4.79 Å². The summed E-state index contributed by atoms with van der Waals surface area (Å²) in [6, 6.07) is 0. The summed E-state index contributed by atoms with van der Waals surface area (Å²) in [7, 11) is 0. The van der Waals surface area contributed by atoms with Gasteiger partial charge in [-0.3, -0.25) is 9.48 Å². The zero-order valence-corrected chi connectivity index (χ0v) is 14.7. The molecule has 1 unspecified atom stereocenters. The van der Waals surface area contributed by atoms with Crippen LogP contribution < -0.4 is 5.73 Å². The predicted octanol–water partition coefficient (Wildman–Crippen LogP) is 1.72. The molecule has 1 amide bonds. The third-order valence-corrected chi connectivity index (χ3v) is 5.52. The molecular formula is C18H30N4O2. The summed E-state index contributed by atoms with van der Waals surface area (Å²) in [5, 5.41) is 4.31. The van der Waals surface area contributed by atoms with Crippen molar-refractivity contribution in [2.75, 3.05) is 26.2 Å². The van der Waals surface area contributed by atoms with E-state index in [4.69, 9.17) is 10.5 Å². The molecule has 134 valence electrons. The average Bonchev–Trinajstić information content (AvgIpc) is 3.01. The van der Waals surface area contributed by atoms with Crippen molar-refractivity contribution in [2.24, 2.45) is 11.1 Å². The van der Waals surface area contributed by atoms with Crippen molar-refractivity contribution in [1.29, 1.82) is 0 Å². The number of nitrogens with zero attached hydrogens (tertiary/aromatic N) is 3. The van der Waals surface area contributed by atoms with Gasteiger partial charge in [0.05, 0.1) is 25.5 Å². The van der Waals surface area contributed by atoms with Crippen LogP contribution in [0, 0.1) is 12.3 Å². The molecule has 1 aromatic heterocycles. The maximum atomic E-state index is 12.8. The third kappa shape index (κ3) is 4.16. The first kappa shape index (κ1) is 17.4. The second-order valence-corrected chi connectivity index (χ2v) is 7.51. The van der Waals surface area contributed by atoms with E-state index in [1.807, 2.05) is 28.9 Å². The molecule has 0 radical (unpaired) electrons. The number of aromatic nitrogens is 2. The summed E-state index contributed by atoms with van der Waals surface area (Å²) in [6.45, 7) is 5.29. The normalized spacial score (nSPS) is 24.1. The molecule has 1 saturated heterocycles. The second kappa shape index (κ2) is 7.66. The number of morpholine rings is 1. The summed E-state index contributed by atoms with van der Waals surface area (Å²) in [6.07, 6.45) is 10.3. The summed E-state index contributed by atoms with van der Waals surface area (Å²) < 4.78 is 7.73. The van der Waals surface area contributed by atoms with Gasteiger partial charge >= 0.3 is 0 Å². The second-order valence-electron chi connectivity index (χ2n) is 7.51. The largest absolute Gasteiger partial charge is 0.373 e. The van der Waals surface area contributed by atoms with E-state index in [1.54, 1.807) is 0 Å². The standard InChI is InChI=1S/C18H30N4O2/c1-15-10-20-22(11-15)13-16-12-21(7-8-24-16)17(23)9-18(14-19)5-3-2-4-6-18/h10-11,16H,2-9,12-14,19H2,1H3. The fourth-order valence-electron chi connectivity index (χ4n) is 4.02. The minimum Gasteiger partial charge on any atom is -0.373 e. The number of ether oxygens (including phenoxy) is 1. The Bertz CT molecular complexity index is 551. The zero-order valence-electron chi connectivity index (χ0n) is 14.7. The number of rotatable bonds is 5. The van der Waals surface area contributed by atoms with Gasteiger partial charge in [0.2, 0.25) is 5.91 Å². The highest BCUT2D eigenvalue weighted by Gasteiger charge is 2.35. The molecule has 2 heterocycles. The zero-order chi connectivity index (χ0) is 17.0. The number of nitrogens with two attached hydrogens (primary N) is 1. The number of aryl methyl sites for hydroxylation is 1. The first-order chi connectivity index (χ1) is 11.6. The van der Waals surface area contributed by atoms with Gasteiger partial charge in [0.1, 0.15) is 0 Å². The highest BCUT2D eigenvalue weighted by atomic mass is 16.5. The van der Waals surface area contributed by atoms with E-state index in [2.05, 4.69) is 5.10 Å². The van der Waals surface area contributed by atoms with Gasteiger partial charge in [-0.05, 0) is 37.3 Å². The highest BCUT2D eigenvalue weighted by Crippen LogP contribution is 2.38. The Kier molecular flexibility index (Phi) is 5.56. The van der Waals surface area contributed by atoms with Crippen LogP contribution in [0.4, 0.5) is 0 Å². The van der Waals surface area contributed by atoms with Gasteiger partial charge in [0.15, 0.2) is 0 Å². The molecule has 2 N–H and O–H groups in total. The van der Waals surface area contributed by atoms with Gasteiger partial charge in [0, 0.05) is 25.7 Å². The highest BCUT2D eigenvalue weighted by molar-refractivity contribution is 5.77. The van der Waals surface area contributed by atoms with Crippen molar-refractivity contribution < 1.29 is 9.53 Å². The summed E-state index contributed by atoms with van der Waals surface area (Å²) in [5.74, 6) is 0.243. The molecule has 2 fully saturated rings. The van der Waals surface area contributed by atoms with E-state index >= 15 is 0 Å². The van der Waals surface area contributed by atoms with E-state index in [-0.39, 0.29) is 17.4 Å². The van der Waals surface area contributed by atoms with Crippen LogP contribution in [0.3, 0.4) is 0 Å². The molecule has 2 aliphatic rings. The van der Waals surface area contributed by atoms with Crippen molar-refractivity contribution in [1.82, 2.24) is 14.7 Å². The maximum absolute atomic E-state index is 12.8. The number of carbonyl (C=O) groups is 1. The SMILES string of the molecule is Cc1cnn(CC2CN(C(=O)CC3(CN)CCCCC3)CCO2)c1. The lowest BCUT2D eigenvalue weighted by molar-refractivity contribution is -0.142. The van der Waals surface area contributed by atoms with Crippen LogP contribution in [0.25, 0.3) is 0 Å². The summed E-state index contributed by atoms with van der Waals surface area (Å²) in [5.41, 5.74) is 7.21. The van der Waals surface area contributed by atoms with Crippen molar-refractivity contribution in [3.8, 4) is 0 Å². The van der Waals surface area contributed by atoms with E-state index < -0.39 is 0 Å². The number of hydrogen-bond acceptors (Lipinski definition) is 4. The third-order valence-electron chi connectivity index (χ3n) is 5.52. The lowest BCUT2D eigenvalue weighted by Crippen LogP contribution is -2.49. The van der Waals surface area contributed by atoms with Crippen LogP contribution in [0.5, 0.6) is 0 Å². The molecule has 1 aliphatic carbocycles. The van der Waals surface area contributed by atoms with Gasteiger partial charge in [-0.1, -0.05) is 19.3 Å². The van der Waals surface area contributed by atoms with E-state index in [1.165, 1.54) is 19.3 Å². The molecular weight excluding hydrogens is 304 g/mol. The first-order valence-electron chi connectivity index (χ1n) is 9.19. The fourth-order valence-corrected chi connectivity index (χ4v) is 4.02. The molecule has 0 spiro atoms. The Labute approximate surface area is 144 Å². The maximum Gasteiger partial charge on any atom is 0.223 e. The Morgan fingerprint density at radius 2 is 2.21 bits per heavy atom. The van der Waals surface area contributed by atoms with Gasteiger partial charge in [-0.2, -0.15) is 5.10 Å². The molecule has 0 bridgehead atoms. The Balaban J connectivity index is 1.56. The Hall–Kier alpha value is -1.40. The van der Waals surface area contributed by atoms with Crippen LogP contribution in [-0.2, 0) is 16.1 Å². The average molecular weight is 334 g/mol. The van der Waals surface area contributed by atoms with E-state index in [0.29, 0.717) is 39.2 Å². The van der Waals surface area contributed by atoms with Crippen LogP contribution in [0.1, 0.15) is 44.1 Å². The Morgan fingerprint density at radius 1 is 1.42 bits per heavy atom. The molecule has 3 rings (SSSR count). The Morgan fingerprint density at radius 3 is 2.88 bits per heavy atom. The first-order valence-corrected chi connectivity index (χ1v) is 9.19. The minimum absolute atomic E-state index is 0.0159. The van der Waals surface area contributed by atoms with Gasteiger partial charge < -0.3 is 15.4 Å². The number of amides is 1. The smallest absolute Gasteiger partial charge is 0.223 e. The van der Waals surface area contributed by atoms with Gasteiger partial charge in [0.25, 0.3) is 0 Å². The van der Waals surface area contributed by atoms with Crippen LogP contribution in [-0.4, -0.2) is 52.9 Å². The van der Waals surface area contributed by atoms with Crippen molar-refractivity contribution >= 4 is 5.91 Å². The molecule has 1 aliphatic heterocycles. The summed E-state index contributed by atoms with van der Waals surface area (Å²) in [4.78, 5) is 14.8. The van der Waals surface area contributed by atoms with Crippen LogP contribution >= 0.6 is 0 Å². The van der Waals surface area contributed by atoms with Gasteiger partial charge in [-0.15, -0.1) is 0 Å². The molecule has 1 saturated carbocycles. The predicted molar refractivity (Wildman–Crippen MR) is 92.5 cm³/mol. The van der Waals surface area contributed by atoms with Crippen molar-refractivity contribution in [3.63, 3.8) is 0 Å². The number of carbonyl (C=O) groups excluding carboxylic acids is 1. The van der Waals surface area contributed by atoms with Gasteiger partial charge in [-0.25, -0.2) is 0 Å². The minimum atomic E-state index is 0.0159. The van der Waals surface area contributed by atoms with Crippen LogP contribution in [0.15, 0.2) is 12.4 Å². The lowest BCUT2D eigenvalue weighted by Gasteiger charge is -2.39. The molecule has 0 aromatic carbocycles. The monoisotopic (exact) mass is 334 g/mol. The molecule has 1 atom stereocenters. The van der Waals surface area contributed by atoms with E-state index in [0.717, 1.165) is 18.4 Å². The number of hydrogen-bond donors (Lipinski definition) is 1. The van der Waals surface area contributed by atoms with Crippen molar-refractivity contribution in [3.05, 3.63) is 18.0 Å².